The van der Waals surface area contributed by atoms with Crippen molar-refractivity contribution in [3.05, 3.63) is 34.4 Å². The Labute approximate surface area is 205 Å². The fraction of sp³-hybridized carbons (Fsp3) is 0.692. The van der Waals surface area contributed by atoms with Crippen molar-refractivity contribution in [2.75, 3.05) is 26.4 Å². The van der Waals surface area contributed by atoms with Gasteiger partial charge in [-0.25, -0.2) is 0 Å². The van der Waals surface area contributed by atoms with Crippen molar-refractivity contribution in [3.8, 4) is 0 Å². The number of benzene rings is 1. The molecule has 0 heterocycles. The van der Waals surface area contributed by atoms with E-state index in [0.29, 0.717) is 23.3 Å². The number of rotatable bonds is 18. The van der Waals surface area contributed by atoms with Gasteiger partial charge in [-0.05, 0) is 124 Å². The minimum atomic E-state index is 0.243. The van der Waals surface area contributed by atoms with Crippen LogP contribution in [0.5, 0.6) is 0 Å². The number of aryl methyl sites for hydroxylation is 4. The molecule has 0 aliphatic heterocycles. The lowest BCUT2D eigenvalue weighted by molar-refractivity contribution is 0.283. The molecule has 0 aromatic heterocycles. The van der Waals surface area contributed by atoms with Crippen LogP contribution in [0.2, 0.25) is 0 Å². The Hall–Kier alpha value is -1.08. The molecular weight excluding hydrogens is 440 g/mol. The van der Waals surface area contributed by atoms with Crippen LogP contribution in [0.25, 0.3) is 0 Å². The summed E-state index contributed by atoms with van der Waals surface area (Å²) in [5.41, 5.74) is 5.67. The molecule has 0 radical (unpaired) electrons. The minimum Gasteiger partial charge on any atom is -0.487 e. The molecule has 182 valence electrons. The molecule has 0 amide bonds. The van der Waals surface area contributed by atoms with E-state index in [1.54, 1.807) is 0 Å². The SMILES string of the molecule is CC(=S)OCCCCc1cc(CCCCO)c(CCCCO)cc1CCCCOC(C)=S. The van der Waals surface area contributed by atoms with Crippen molar-refractivity contribution >= 4 is 34.5 Å². The molecule has 0 atom stereocenters. The highest BCUT2D eigenvalue weighted by molar-refractivity contribution is 7.80. The standard InChI is InChI=1S/C26H42O4S2/c1-21(31)29-17-9-5-13-25-19-23(11-3-7-15-27)24(12-4-8-16-28)20-26(25)14-6-10-18-30-22(2)32/h19-20,27-28H,3-18H2,1-2H3. The van der Waals surface area contributed by atoms with Gasteiger partial charge in [-0.2, -0.15) is 0 Å². The molecule has 0 spiro atoms. The lowest BCUT2D eigenvalue weighted by Crippen LogP contribution is -2.06. The number of hydrogen-bond donors (Lipinski definition) is 2. The van der Waals surface area contributed by atoms with E-state index < -0.39 is 0 Å². The second kappa shape index (κ2) is 18.4. The van der Waals surface area contributed by atoms with Crippen LogP contribution in [0.3, 0.4) is 0 Å². The maximum absolute atomic E-state index is 9.20. The number of thiocarbonyl (C=S) groups is 2. The Bertz CT molecular complexity index is 619. The van der Waals surface area contributed by atoms with Crippen LogP contribution in [0.1, 0.15) is 87.5 Å². The Morgan fingerprint density at radius 1 is 0.594 bits per heavy atom. The van der Waals surface area contributed by atoms with E-state index in [0.717, 1.165) is 77.0 Å². The topological polar surface area (TPSA) is 58.9 Å². The van der Waals surface area contributed by atoms with E-state index in [9.17, 15) is 10.2 Å². The maximum Gasteiger partial charge on any atom is 0.156 e. The predicted molar refractivity (Wildman–Crippen MR) is 141 cm³/mol. The first-order chi connectivity index (χ1) is 15.5. The molecule has 6 heteroatoms. The first-order valence-corrected chi connectivity index (χ1v) is 12.9. The van der Waals surface area contributed by atoms with Crippen LogP contribution in [0, 0.1) is 0 Å². The second-order valence-corrected chi connectivity index (χ2v) is 9.50. The van der Waals surface area contributed by atoms with Gasteiger partial charge in [0.15, 0.2) is 10.1 Å². The number of hydrogen-bond acceptors (Lipinski definition) is 6. The van der Waals surface area contributed by atoms with Gasteiger partial charge in [0, 0.05) is 27.1 Å². The van der Waals surface area contributed by atoms with Crippen molar-refractivity contribution in [3.63, 3.8) is 0 Å². The lowest BCUT2D eigenvalue weighted by Gasteiger charge is -2.17. The molecule has 1 aromatic carbocycles. The molecule has 0 aliphatic carbocycles. The van der Waals surface area contributed by atoms with E-state index >= 15 is 0 Å². The molecule has 0 saturated carbocycles. The molecule has 0 bridgehead atoms. The molecule has 4 nitrogen and oxygen atoms in total. The number of aliphatic hydroxyl groups is 2. The molecule has 1 rings (SSSR count). The predicted octanol–water partition coefficient (Wildman–Crippen LogP) is 5.69. The first kappa shape index (κ1) is 29.0. The van der Waals surface area contributed by atoms with Gasteiger partial charge in [-0.1, -0.05) is 12.1 Å². The maximum atomic E-state index is 9.20. The molecule has 32 heavy (non-hydrogen) atoms. The zero-order valence-corrected chi connectivity index (χ0v) is 21.6. The van der Waals surface area contributed by atoms with E-state index in [-0.39, 0.29) is 13.2 Å². The van der Waals surface area contributed by atoms with E-state index in [1.165, 1.54) is 22.3 Å². The van der Waals surface area contributed by atoms with Gasteiger partial charge < -0.3 is 19.7 Å². The molecule has 0 unspecified atom stereocenters. The summed E-state index contributed by atoms with van der Waals surface area (Å²) in [7, 11) is 0. The van der Waals surface area contributed by atoms with Crippen molar-refractivity contribution < 1.29 is 19.7 Å². The second-order valence-electron chi connectivity index (χ2n) is 8.35. The summed E-state index contributed by atoms with van der Waals surface area (Å²) >= 11 is 9.99. The Morgan fingerprint density at radius 2 is 0.906 bits per heavy atom. The molecular formula is C26H42O4S2. The van der Waals surface area contributed by atoms with Crippen molar-refractivity contribution in [1.82, 2.24) is 0 Å². The zero-order chi connectivity index (χ0) is 23.6. The van der Waals surface area contributed by atoms with Crippen molar-refractivity contribution in [2.45, 2.75) is 90.9 Å². The number of aliphatic hydroxyl groups excluding tert-OH is 2. The Morgan fingerprint density at radius 3 is 1.19 bits per heavy atom. The van der Waals surface area contributed by atoms with Gasteiger partial charge in [0.25, 0.3) is 0 Å². The van der Waals surface area contributed by atoms with Crippen molar-refractivity contribution in [1.29, 1.82) is 0 Å². The summed E-state index contributed by atoms with van der Waals surface area (Å²) in [6, 6.07) is 4.81. The number of unbranched alkanes of at least 4 members (excludes halogenated alkanes) is 4. The van der Waals surface area contributed by atoms with E-state index in [4.69, 9.17) is 33.9 Å². The average molecular weight is 483 g/mol. The third kappa shape index (κ3) is 13.5. The summed E-state index contributed by atoms with van der Waals surface area (Å²) in [4.78, 5) is 0. The summed E-state index contributed by atoms with van der Waals surface area (Å²) in [5, 5.41) is 19.6. The van der Waals surface area contributed by atoms with Gasteiger partial charge in [-0.3, -0.25) is 0 Å². The molecule has 1 aromatic rings. The highest BCUT2D eigenvalue weighted by atomic mass is 32.1. The van der Waals surface area contributed by atoms with Gasteiger partial charge in [0.2, 0.25) is 0 Å². The third-order valence-corrected chi connectivity index (χ3v) is 5.76. The van der Waals surface area contributed by atoms with Crippen LogP contribution < -0.4 is 0 Å². The normalized spacial score (nSPS) is 10.9. The average Bonchev–Trinajstić information content (AvgIpc) is 2.75. The first-order valence-electron chi connectivity index (χ1n) is 12.1. The summed E-state index contributed by atoms with van der Waals surface area (Å²) in [6.07, 6.45) is 11.9. The monoisotopic (exact) mass is 482 g/mol. The van der Waals surface area contributed by atoms with Crippen LogP contribution >= 0.6 is 24.4 Å². The smallest absolute Gasteiger partial charge is 0.156 e. The highest BCUT2D eigenvalue weighted by Gasteiger charge is 2.11. The summed E-state index contributed by atoms with van der Waals surface area (Å²) in [6.45, 7) is 5.48. The zero-order valence-electron chi connectivity index (χ0n) is 20.0. The summed E-state index contributed by atoms with van der Waals surface area (Å²) < 4.78 is 10.9. The fourth-order valence-electron chi connectivity index (χ4n) is 3.84. The molecule has 0 fully saturated rings. The lowest BCUT2D eigenvalue weighted by atomic mass is 9.89. The highest BCUT2D eigenvalue weighted by Crippen LogP contribution is 2.24. The van der Waals surface area contributed by atoms with Gasteiger partial charge in [0.1, 0.15) is 0 Å². The summed E-state index contributed by atoms with van der Waals surface area (Å²) in [5.74, 6) is 0. The Kier molecular flexibility index (Phi) is 16.6. The van der Waals surface area contributed by atoms with Gasteiger partial charge >= 0.3 is 0 Å². The van der Waals surface area contributed by atoms with E-state index in [2.05, 4.69) is 12.1 Å². The Balaban J connectivity index is 2.91. The van der Waals surface area contributed by atoms with Gasteiger partial charge in [-0.15, -0.1) is 0 Å². The quantitative estimate of drug-likeness (QED) is 0.207. The van der Waals surface area contributed by atoms with Crippen LogP contribution in [0.4, 0.5) is 0 Å². The molecule has 0 saturated heterocycles. The molecule has 0 aliphatic rings. The van der Waals surface area contributed by atoms with Crippen molar-refractivity contribution in [2.24, 2.45) is 0 Å². The number of ether oxygens (including phenoxy) is 2. The van der Waals surface area contributed by atoms with Gasteiger partial charge in [0.05, 0.1) is 13.2 Å². The van der Waals surface area contributed by atoms with Crippen LogP contribution in [-0.4, -0.2) is 46.7 Å². The van der Waals surface area contributed by atoms with E-state index in [1.807, 2.05) is 13.8 Å². The van der Waals surface area contributed by atoms with Crippen LogP contribution in [0.15, 0.2) is 12.1 Å². The minimum absolute atomic E-state index is 0.243. The van der Waals surface area contributed by atoms with Crippen LogP contribution in [-0.2, 0) is 35.2 Å². The fourth-order valence-corrected chi connectivity index (χ4v) is 4.01. The third-order valence-electron chi connectivity index (χ3n) is 5.52. The largest absolute Gasteiger partial charge is 0.487 e. The molecule has 2 N–H and O–H groups in total.